The minimum Gasteiger partial charge on any atom is -0.456 e. The van der Waals surface area contributed by atoms with Crippen molar-refractivity contribution in [2.24, 2.45) is 0 Å². The Balaban J connectivity index is 1.07. The van der Waals surface area contributed by atoms with E-state index >= 15 is 0 Å². The van der Waals surface area contributed by atoms with Crippen LogP contribution in [0, 0.1) is 0 Å². The largest absolute Gasteiger partial charge is 0.456 e. The fourth-order valence-corrected chi connectivity index (χ4v) is 7.76. The van der Waals surface area contributed by atoms with E-state index in [0.717, 1.165) is 44.6 Å². The maximum atomic E-state index is 6.39. The second-order valence-corrected chi connectivity index (χ2v) is 13.8. The van der Waals surface area contributed by atoms with Gasteiger partial charge in [0.15, 0.2) is 0 Å². The Labute approximate surface area is 314 Å². The van der Waals surface area contributed by atoms with E-state index in [9.17, 15) is 0 Å². The summed E-state index contributed by atoms with van der Waals surface area (Å²) in [6, 6.07) is 75.9. The van der Waals surface area contributed by atoms with Gasteiger partial charge < -0.3 is 9.32 Å². The van der Waals surface area contributed by atoms with Gasteiger partial charge in [0.1, 0.15) is 11.2 Å². The highest BCUT2D eigenvalue weighted by Crippen LogP contribution is 2.41. The van der Waals surface area contributed by atoms with Crippen LogP contribution in [0.2, 0.25) is 0 Å². The first-order valence-electron chi connectivity index (χ1n) is 18.4. The van der Waals surface area contributed by atoms with Crippen LogP contribution in [0.15, 0.2) is 217 Å². The van der Waals surface area contributed by atoms with Gasteiger partial charge in [-0.2, -0.15) is 0 Å². The van der Waals surface area contributed by atoms with E-state index < -0.39 is 0 Å². The molecule has 254 valence electrons. The molecule has 0 aliphatic carbocycles. The summed E-state index contributed by atoms with van der Waals surface area (Å²) in [6.45, 7) is 0. The van der Waals surface area contributed by atoms with Gasteiger partial charge in [-0.05, 0) is 110 Å². The number of fused-ring (bicyclic) bond motifs is 4. The van der Waals surface area contributed by atoms with Gasteiger partial charge in [-0.1, -0.05) is 152 Å². The van der Waals surface area contributed by atoms with Crippen LogP contribution in [-0.4, -0.2) is 0 Å². The fourth-order valence-electron chi connectivity index (χ4n) is 7.76. The number of anilines is 3. The van der Waals surface area contributed by atoms with Gasteiger partial charge in [0.2, 0.25) is 0 Å². The summed E-state index contributed by atoms with van der Waals surface area (Å²) in [4.78, 5) is 2.33. The molecule has 0 saturated heterocycles. The third-order valence-corrected chi connectivity index (χ3v) is 10.5. The molecule has 0 amide bonds. The van der Waals surface area contributed by atoms with Gasteiger partial charge in [-0.25, -0.2) is 0 Å². The number of para-hydroxylation sites is 1. The standard InChI is InChI=1S/C52H35NO/c1-3-12-36(13-4-1)40-17-9-18-41(32-40)42-19-10-20-45(33-42)53(46-30-31-49-48-21-7-8-23-51(48)54-52(49)35-46)44-28-26-37(27-29-44)43-25-24-39-16-11-22-47(50(39)34-43)38-14-5-2-6-15-38/h1-35H. The predicted molar refractivity (Wildman–Crippen MR) is 228 cm³/mol. The molecule has 1 aromatic heterocycles. The second-order valence-electron chi connectivity index (χ2n) is 13.8. The van der Waals surface area contributed by atoms with Crippen LogP contribution in [0.4, 0.5) is 17.1 Å². The van der Waals surface area contributed by atoms with E-state index in [1.807, 2.05) is 12.1 Å². The Morgan fingerprint density at radius 3 is 1.65 bits per heavy atom. The van der Waals surface area contributed by atoms with Crippen LogP contribution >= 0.6 is 0 Å². The van der Waals surface area contributed by atoms with Gasteiger partial charge >= 0.3 is 0 Å². The first kappa shape index (κ1) is 31.6. The van der Waals surface area contributed by atoms with Crippen molar-refractivity contribution in [3.8, 4) is 44.5 Å². The molecule has 0 bridgehead atoms. The molecule has 0 unspecified atom stereocenters. The van der Waals surface area contributed by atoms with E-state index in [4.69, 9.17) is 4.42 Å². The number of nitrogens with zero attached hydrogens (tertiary/aromatic N) is 1. The fraction of sp³-hybridized carbons (Fsp3) is 0. The lowest BCUT2D eigenvalue weighted by molar-refractivity contribution is 0.669. The number of hydrogen-bond acceptors (Lipinski definition) is 2. The summed E-state index contributed by atoms with van der Waals surface area (Å²) < 4.78 is 6.39. The molecule has 0 fully saturated rings. The maximum Gasteiger partial charge on any atom is 0.137 e. The summed E-state index contributed by atoms with van der Waals surface area (Å²) in [5.41, 5.74) is 14.5. The summed E-state index contributed by atoms with van der Waals surface area (Å²) in [7, 11) is 0. The molecular weight excluding hydrogens is 655 g/mol. The Kier molecular flexibility index (Phi) is 7.85. The van der Waals surface area contributed by atoms with Crippen molar-refractivity contribution in [3.63, 3.8) is 0 Å². The molecule has 10 rings (SSSR count). The van der Waals surface area contributed by atoms with Crippen LogP contribution in [0.25, 0.3) is 77.2 Å². The van der Waals surface area contributed by atoms with Gasteiger partial charge in [-0.3, -0.25) is 0 Å². The van der Waals surface area contributed by atoms with Gasteiger partial charge in [0, 0.05) is 33.9 Å². The van der Waals surface area contributed by atoms with Crippen molar-refractivity contribution >= 4 is 49.8 Å². The molecule has 0 spiro atoms. The van der Waals surface area contributed by atoms with E-state index in [1.54, 1.807) is 0 Å². The van der Waals surface area contributed by atoms with Crippen molar-refractivity contribution in [1.29, 1.82) is 0 Å². The highest BCUT2D eigenvalue weighted by atomic mass is 16.3. The van der Waals surface area contributed by atoms with Crippen molar-refractivity contribution in [2.45, 2.75) is 0 Å². The number of benzene rings is 9. The zero-order valence-corrected chi connectivity index (χ0v) is 29.6. The Morgan fingerprint density at radius 1 is 0.278 bits per heavy atom. The van der Waals surface area contributed by atoms with Gasteiger partial charge in [0.05, 0.1) is 0 Å². The molecule has 1 heterocycles. The normalized spacial score (nSPS) is 11.3. The van der Waals surface area contributed by atoms with Crippen LogP contribution < -0.4 is 4.90 Å². The first-order chi connectivity index (χ1) is 26.7. The van der Waals surface area contributed by atoms with Gasteiger partial charge in [0.25, 0.3) is 0 Å². The topological polar surface area (TPSA) is 16.4 Å². The zero-order chi connectivity index (χ0) is 35.8. The van der Waals surface area contributed by atoms with Crippen molar-refractivity contribution < 1.29 is 4.42 Å². The SMILES string of the molecule is c1ccc(-c2cccc(-c3cccc(N(c4ccc(-c5ccc6cccc(-c7ccccc7)c6c5)cc4)c4ccc5c(c4)oc4ccccc45)c3)c2)cc1. The molecule has 10 aromatic rings. The first-order valence-corrected chi connectivity index (χ1v) is 18.4. The predicted octanol–water partition coefficient (Wildman–Crippen LogP) is 14.9. The molecular formula is C52H35NO. The molecule has 2 heteroatoms. The lowest BCUT2D eigenvalue weighted by atomic mass is 9.95. The quantitative estimate of drug-likeness (QED) is 0.166. The number of hydrogen-bond donors (Lipinski definition) is 0. The highest BCUT2D eigenvalue weighted by Gasteiger charge is 2.17. The third kappa shape index (κ3) is 5.81. The molecule has 9 aromatic carbocycles. The Bertz CT molecular complexity index is 2920. The number of furan rings is 1. The van der Waals surface area contributed by atoms with E-state index in [0.29, 0.717) is 0 Å². The van der Waals surface area contributed by atoms with E-state index in [1.165, 1.54) is 49.7 Å². The molecule has 0 radical (unpaired) electrons. The monoisotopic (exact) mass is 689 g/mol. The minimum absolute atomic E-state index is 0.868. The van der Waals surface area contributed by atoms with Crippen LogP contribution in [0.3, 0.4) is 0 Å². The van der Waals surface area contributed by atoms with E-state index in [-0.39, 0.29) is 0 Å². The van der Waals surface area contributed by atoms with Crippen molar-refractivity contribution in [2.75, 3.05) is 4.90 Å². The van der Waals surface area contributed by atoms with Crippen LogP contribution in [-0.2, 0) is 0 Å². The highest BCUT2D eigenvalue weighted by molar-refractivity contribution is 6.06. The molecule has 0 aliphatic rings. The Hall–Kier alpha value is -7.16. The molecule has 54 heavy (non-hydrogen) atoms. The van der Waals surface area contributed by atoms with Crippen molar-refractivity contribution in [1.82, 2.24) is 0 Å². The third-order valence-electron chi connectivity index (χ3n) is 10.5. The summed E-state index contributed by atoms with van der Waals surface area (Å²) in [5, 5.41) is 4.72. The molecule has 0 atom stereocenters. The molecule has 0 aliphatic heterocycles. The molecule has 0 N–H and O–H groups in total. The number of rotatable bonds is 7. The summed E-state index contributed by atoms with van der Waals surface area (Å²) >= 11 is 0. The molecule has 2 nitrogen and oxygen atoms in total. The average molecular weight is 690 g/mol. The zero-order valence-electron chi connectivity index (χ0n) is 29.6. The van der Waals surface area contributed by atoms with Gasteiger partial charge in [-0.15, -0.1) is 0 Å². The Morgan fingerprint density at radius 2 is 0.833 bits per heavy atom. The lowest BCUT2D eigenvalue weighted by Crippen LogP contribution is -2.10. The second kappa shape index (κ2) is 13.4. The average Bonchev–Trinajstić information content (AvgIpc) is 3.62. The summed E-state index contributed by atoms with van der Waals surface area (Å²) in [6.07, 6.45) is 0. The van der Waals surface area contributed by atoms with Crippen molar-refractivity contribution in [3.05, 3.63) is 212 Å². The van der Waals surface area contributed by atoms with E-state index in [2.05, 4.69) is 205 Å². The summed E-state index contributed by atoms with van der Waals surface area (Å²) in [5.74, 6) is 0. The maximum absolute atomic E-state index is 6.39. The molecule has 0 saturated carbocycles. The smallest absolute Gasteiger partial charge is 0.137 e. The van der Waals surface area contributed by atoms with Crippen LogP contribution in [0.1, 0.15) is 0 Å². The van der Waals surface area contributed by atoms with Crippen LogP contribution in [0.5, 0.6) is 0 Å². The minimum atomic E-state index is 0.868. The lowest BCUT2D eigenvalue weighted by Gasteiger charge is -2.26.